The molecule has 4 nitrogen and oxygen atoms in total. The van der Waals surface area contributed by atoms with Crippen molar-refractivity contribution >= 4 is 51.4 Å². The van der Waals surface area contributed by atoms with Crippen molar-refractivity contribution in [3.05, 3.63) is 33.2 Å². The molecule has 2 heterocycles. The maximum absolute atomic E-state index is 5.81. The molecule has 0 aliphatic carbocycles. The minimum Gasteiger partial charge on any atom is -0.378 e. The number of hydrogen-bond acceptors (Lipinski definition) is 6. The molecule has 0 saturated carbocycles. The maximum Gasteiger partial charge on any atom is 0.183 e. The second kappa shape index (κ2) is 4.79. The lowest BCUT2D eigenvalue weighted by Crippen LogP contribution is -2.00. The highest BCUT2D eigenvalue weighted by atomic mass is 35.5. The zero-order valence-electron chi connectivity index (χ0n) is 9.48. The fraction of sp³-hybridized carbons (Fsp3) is 0.182. The second-order valence-corrected chi connectivity index (χ2v) is 6.05. The number of nitrogens with one attached hydrogen (secondary N) is 1. The number of fused-ring (bicyclic) bond motifs is 1. The van der Waals surface area contributed by atoms with E-state index in [1.54, 1.807) is 6.20 Å². The Morgan fingerprint density at radius 3 is 3.00 bits per heavy atom. The van der Waals surface area contributed by atoms with Crippen LogP contribution in [-0.4, -0.2) is 13.7 Å². The van der Waals surface area contributed by atoms with Crippen LogP contribution in [0.25, 0.3) is 11.0 Å². The minimum atomic E-state index is 0.567. The summed E-state index contributed by atoms with van der Waals surface area (Å²) in [5.74, 6) is 0. The minimum absolute atomic E-state index is 0.567. The summed E-state index contributed by atoms with van der Waals surface area (Å²) in [6.07, 6.45) is 1.79. The second-order valence-electron chi connectivity index (χ2n) is 3.82. The van der Waals surface area contributed by atoms with Crippen LogP contribution in [0.1, 0.15) is 10.4 Å². The van der Waals surface area contributed by atoms with Gasteiger partial charge in [0.1, 0.15) is 11.0 Å². The molecule has 0 bridgehead atoms. The molecular weight excluding hydrogens is 288 g/mol. The highest BCUT2D eigenvalue weighted by Crippen LogP contribution is 2.27. The topological polar surface area (TPSA) is 50.7 Å². The molecule has 0 aliphatic heterocycles. The number of benzene rings is 1. The van der Waals surface area contributed by atoms with Crippen LogP contribution in [0.3, 0.4) is 0 Å². The third-order valence-corrected chi connectivity index (χ3v) is 4.26. The number of hydrogen-bond donors (Lipinski definition) is 1. The van der Waals surface area contributed by atoms with Crippen molar-refractivity contribution in [2.75, 3.05) is 5.32 Å². The monoisotopic (exact) mass is 296 g/mol. The molecule has 0 spiro atoms. The van der Waals surface area contributed by atoms with Crippen LogP contribution in [0.5, 0.6) is 0 Å². The predicted molar refractivity (Wildman–Crippen MR) is 76.6 cm³/mol. The smallest absolute Gasteiger partial charge is 0.183 e. The molecule has 1 N–H and O–H groups in total. The fourth-order valence-electron chi connectivity index (χ4n) is 1.72. The molecule has 0 radical (unpaired) electrons. The summed E-state index contributed by atoms with van der Waals surface area (Å²) in [6, 6.07) is 4.04. The van der Waals surface area contributed by atoms with Gasteiger partial charge < -0.3 is 5.32 Å². The highest BCUT2D eigenvalue weighted by molar-refractivity contribution is 7.15. The van der Waals surface area contributed by atoms with Gasteiger partial charge in [0.15, 0.2) is 4.47 Å². The lowest BCUT2D eigenvalue weighted by atomic mass is 10.1. The van der Waals surface area contributed by atoms with E-state index in [-0.39, 0.29) is 0 Å². The van der Waals surface area contributed by atoms with E-state index in [0.717, 1.165) is 27.2 Å². The van der Waals surface area contributed by atoms with Crippen molar-refractivity contribution in [3.63, 3.8) is 0 Å². The SMILES string of the molecule is Cc1ccc2nsnc2c1NCc1cnc(Cl)s1. The molecule has 0 unspecified atom stereocenters. The van der Waals surface area contributed by atoms with E-state index in [1.807, 2.05) is 12.1 Å². The van der Waals surface area contributed by atoms with E-state index < -0.39 is 0 Å². The summed E-state index contributed by atoms with van der Waals surface area (Å²) in [6.45, 7) is 2.75. The van der Waals surface area contributed by atoms with Crippen LogP contribution >= 0.6 is 34.7 Å². The number of aromatic nitrogens is 3. The Bertz CT molecular complexity index is 691. The molecule has 2 aromatic heterocycles. The van der Waals surface area contributed by atoms with Crippen LogP contribution in [0.2, 0.25) is 4.47 Å². The van der Waals surface area contributed by atoms with Gasteiger partial charge in [-0.1, -0.05) is 17.7 Å². The third kappa shape index (κ3) is 2.19. The molecule has 1 aromatic carbocycles. The lowest BCUT2D eigenvalue weighted by Gasteiger charge is -2.08. The molecule has 7 heteroatoms. The summed E-state index contributed by atoms with van der Waals surface area (Å²) in [7, 11) is 0. The van der Waals surface area contributed by atoms with Crippen molar-refractivity contribution in [1.29, 1.82) is 0 Å². The van der Waals surface area contributed by atoms with Gasteiger partial charge in [-0.05, 0) is 18.6 Å². The summed E-state index contributed by atoms with van der Waals surface area (Å²) >= 11 is 8.52. The van der Waals surface area contributed by atoms with Crippen molar-refractivity contribution in [2.24, 2.45) is 0 Å². The van der Waals surface area contributed by atoms with Crippen LogP contribution in [-0.2, 0) is 6.54 Å². The number of rotatable bonds is 3. The number of halogens is 1. The number of anilines is 1. The third-order valence-electron chi connectivity index (χ3n) is 2.60. The Balaban J connectivity index is 1.89. The maximum atomic E-state index is 5.81. The van der Waals surface area contributed by atoms with Gasteiger partial charge in [0, 0.05) is 11.1 Å². The fourth-order valence-corrected chi connectivity index (χ4v) is 3.18. The number of aryl methyl sites for hydroxylation is 1. The van der Waals surface area contributed by atoms with Crippen molar-refractivity contribution < 1.29 is 0 Å². The van der Waals surface area contributed by atoms with E-state index in [2.05, 4.69) is 26.0 Å². The van der Waals surface area contributed by atoms with Crippen LogP contribution in [0, 0.1) is 6.92 Å². The Hall–Kier alpha value is -1.24. The first-order valence-corrected chi connectivity index (χ1v) is 7.22. The molecule has 92 valence electrons. The number of thiazole rings is 1. The lowest BCUT2D eigenvalue weighted by molar-refractivity contribution is 1.17. The van der Waals surface area contributed by atoms with E-state index in [1.165, 1.54) is 23.1 Å². The van der Waals surface area contributed by atoms with Gasteiger partial charge in [0.05, 0.1) is 24.0 Å². The van der Waals surface area contributed by atoms with Gasteiger partial charge in [-0.3, -0.25) is 0 Å². The van der Waals surface area contributed by atoms with Crippen LogP contribution < -0.4 is 5.32 Å². The molecule has 3 aromatic rings. The largest absolute Gasteiger partial charge is 0.378 e. The molecule has 0 saturated heterocycles. The molecule has 0 amide bonds. The van der Waals surface area contributed by atoms with Crippen LogP contribution in [0.15, 0.2) is 18.3 Å². The Morgan fingerprint density at radius 2 is 2.22 bits per heavy atom. The van der Waals surface area contributed by atoms with Crippen molar-refractivity contribution in [1.82, 2.24) is 13.7 Å². The molecule has 0 atom stereocenters. The van der Waals surface area contributed by atoms with Crippen molar-refractivity contribution in [3.8, 4) is 0 Å². The zero-order valence-corrected chi connectivity index (χ0v) is 11.9. The first kappa shape index (κ1) is 11.8. The average molecular weight is 297 g/mol. The summed E-state index contributed by atoms with van der Waals surface area (Å²) < 4.78 is 9.13. The van der Waals surface area contributed by atoms with E-state index in [0.29, 0.717) is 11.0 Å². The highest BCUT2D eigenvalue weighted by Gasteiger charge is 2.08. The van der Waals surface area contributed by atoms with Gasteiger partial charge in [0.2, 0.25) is 0 Å². The molecule has 18 heavy (non-hydrogen) atoms. The predicted octanol–water partition coefficient (Wildman–Crippen LogP) is 3.72. The quantitative estimate of drug-likeness (QED) is 0.800. The van der Waals surface area contributed by atoms with Crippen LogP contribution in [0.4, 0.5) is 5.69 Å². The first-order valence-electron chi connectivity index (χ1n) is 5.30. The van der Waals surface area contributed by atoms with Gasteiger partial charge in [-0.2, -0.15) is 8.75 Å². The van der Waals surface area contributed by atoms with Gasteiger partial charge in [0.25, 0.3) is 0 Å². The van der Waals surface area contributed by atoms with Crippen molar-refractivity contribution in [2.45, 2.75) is 13.5 Å². The van der Waals surface area contributed by atoms with Gasteiger partial charge >= 0.3 is 0 Å². The van der Waals surface area contributed by atoms with E-state index in [4.69, 9.17) is 11.6 Å². The average Bonchev–Trinajstić information content (AvgIpc) is 2.96. The Labute approximate surface area is 117 Å². The summed E-state index contributed by atoms with van der Waals surface area (Å²) in [5, 5.41) is 3.39. The van der Waals surface area contributed by atoms with E-state index in [9.17, 15) is 0 Å². The standard InChI is InChI=1S/C11H9ClN4S2/c1-6-2-3-8-10(16-18-15-8)9(6)13-4-7-5-14-11(12)17-7/h2-3,5,13H,4H2,1H3. The first-order chi connectivity index (χ1) is 8.74. The zero-order chi connectivity index (χ0) is 12.5. The van der Waals surface area contributed by atoms with E-state index >= 15 is 0 Å². The normalized spacial score (nSPS) is 11.0. The molecule has 3 rings (SSSR count). The molecular formula is C11H9ClN4S2. The van der Waals surface area contributed by atoms with Gasteiger partial charge in [-0.25, -0.2) is 4.98 Å². The summed E-state index contributed by atoms with van der Waals surface area (Å²) in [4.78, 5) is 5.12. The van der Waals surface area contributed by atoms with Gasteiger partial charge in [-0.15, -0.1) is 11.3 Å². The molecule has 0 aliphatic rings. The molecule has 0 fully saturated rings. The number of nitrogens with zero attached hydrogens (tertiary/aromatic N) is 3. The Kier molecular flexibility index (Phi) is 3.15. The summed E-state index contributed by atoms with van der Waals surface area (Å²) in [5.41, 5.74) is 4.04. The Morgan fingerprint density at radius 1 is 1.33 bits per heavy atom.